The monoisotopic (exact) mass is 384 g/mol. The van der Waals surface area contributed by atoms with E-state index < -0.39 is 0 Å². The normalized spacial score (nSPS) is 14.5. The summed E-state index contributed by atoms with van der Waals surface area (Å²) in [6.45, 7) is 8.30. The lowest BCUT2D eigenvalue weighted by molar-refractivity contribution is 0.589. The number of aryl methyl sites for hydroxylation is 2. The summed E-state index contributed by atoms with van der Waals surface area (Å²) in [6.07, 6.45) is 3.37. The number of piperazine rings is 1. The molecule has 0 unspecified atom stereocenters. The third-order valence-corrected chi connectivity index (χ3v) is 5.54. The van der Waals surface area contributed by atoms with Crippen molar-refractivity contribution >= 4 is 16.7 Å². The van der Waals surface area contributed by atoms with Crippen molar-refractivity contribution in [1.82, 2.24) is 24.8 Å². The van der Waals surface area contributed by atoms with Crippen molar-refractivity contribution in [3.8, 4) is 17.2 Å². The molecule has 146 valence electrons. The number of nitrogens with zero attached hydrogens (tertiary/aromatic N) is 5. The van der Waals surface area contributed by atoms with E-state index in [1.165, 1.54) is 16.8 Å². The van der Waals surface area contributed by atoms with Crippen LogP contribution in [0.5, 0.6) is 0 Å². The van der Waals surface area contributed by atoms with Gasteiger partial charge in [0.05, 0.1) is 11.0 Å². The van der Waals surface area contributed by atoms with E-state index in [2.05, 4.69) is 75.0 Å². The number of nitrogens with one attached hydrogen (secondary N) is 1. The summed E-state index contributed by atoms with van der Waals surface area (Å²) in [4.78, 5) is 16.1. The van der Waals surface area contributed by atoms with Gasteiger partial charge in [-0.05, 0) is 43.7 Å². The summed E-state index contributed by atoms with van der Waals surface area (Å²) >= 11 is 0. The highest BCUT2D eigenvalue weighted by molar-refractivity contribution is 5.86. The summed E-state index contributed by atoms with van der Waals surface area (Å²) in [5, 5.41) is 3.42. The van der Waals surface area contributed by atoms with Gasteiger partial charge in [-0.25, -0.2) is 15.0 Å². The molecule has 4 aromatic rings. The molecule has 2 aromatic carbocycles. The van der Waals surface area contributed by atoms with E-state index in [4.69, 9.17) is 4.98 Å². The lowest BCUT2D eigenvalue weighted by atomic mass is 10.1. The average Bonchev–Trinajstić information content (AvgIpc) is 3.13. The van der Waals surface area contributed by atoms with Crippen molar-refractivity contribution in [1.29, 1.82) is 0 Å². The Balaban J connectivity index is 1.74. The molecule has 0 aliphatic carbocycles. The topological polar surface area (TPSA) is 58.9 Å². The molecule has 0 saturated carbocycles. The number of benzene rings is 2. The molecule has 0 spiro atoms. The molecule has 3 heterocycles. The number of anilines is 1. The number of hydrogen-bond donors (Lipinski definition) is 1. The molecular weight excluding hydrogens is 360 g/mol. The third-order valence-electron chi connectivity index (χ3n) is 5.54. The molecule has 0 atom stereocenters. The number of aromatic nitrogens is 4. The van der Waals surface area contributed by atoms with E-state index in [1.54, 1.807) is 12.5 Å². The highest BCUT2D eigenvalue weighted by Crippen LogP contribution is 2.32. The van der Waals surface area contributed by atoms with Crippen molar-refractivity contribution in [2.75, 3.05) is 31.1 Å². The Labute approximate surface area is 170 Å². The molecule has 1 fully saturated rings. The number of hydrogen-bond acceptors (Lipinski definition) is 5. The fraction of sp³-hybridized carbons (Fsp3) is 0.261. The number of fused-ring (bicyclic) bond motifs is 1. The molecule has 0 radical (unpaired) electrons. The Morgan fingerprint density at radius 2 is 1.83 bits per heavy atom. The van der Waals surface area contributed by atoms with Crippen LogP contribution in [0.3, 0.4) is 0 Å². The van der Waals surface area contributed by atoms with Crippen LogP contribution in [0.25, 0.3) is 28.2 Å². The van der Waals surface area contributed by atoms with Crippen LogP contribution >= 0.6 is 0 Å². The molecule has 0 bridgehead atoms. The first-order valence-corrected chi connectivity index (χ1v) is 10.0. The summed E-state index contributed by atoms with van der Waals surface area (Å²) in [7, 11) is 0. The van der Waals surface area contributed by atoms with E-state index in [-0.39, 0.29) is 0 Å². The second-order valence-corrected chi connectivity index (χ2v) is 7.57. The minimum atomic E-state index is 0.829. The standard InChI is InChI=1S/C23H24N6/c1-16-3-5-19(17(2)13-16)23-27-20-6-4-18(28-11-9-24-10-12-28)14-21(20)29(23)22-7-8-25-15-26-22/h3-8,13-15,24H,9-12H2,1-2H3. The molecular formula is C23H24N6. The first-order valence-electron chi connectivity index (χ1n) is 10.0. The zero-order valence-electron chi connectivity index (χ0n) is 16.8. The highest BCUT2D eigenvalue weighted by Gasteiger charge is 2.19. The van der Waals surface area contributed by atoms with E-state index in [0.717, 1.165) is 54.4 Å². The van der Waals surface area contributed by atoms with E-state index in [9.17, 15) is 0 Å². The van der Waals surface area contributed by atoms with Gasteiger partial charge in [0.1, 0.15) is 18.0 Å². The van der Waals surface area contributed by atoms with Crippen LogP contribution in [-0.4, -0.2) is 45.7 Å². The van der Waals surface area contributed by atoms with Crippen molar-refractivity contribution in [2.45, 2.75) is 13.8 Å². The Morgan fingerprint density at radius 3 is 2.59 bits per heavy atom. The van der Waals surface area contributed by atoms with Gasteiger partial charge in [0.2, 0.25) is 0 Å². The maximum atomic E-state index is 5.01. The first kappa shape index (κ1) is 17.8. The Morgan fingerprint density at radius 1 is 0.966 bits per heavy atom. The van der Waals surface area contributed by atoms with Crippen LogP contribution in [-0.2, 0) is 0 Å². The number of rotatable bonds is 3. The first-order chi connectivity index (χ1) is 14.2. The second kappa shape index (κ2) is 7.29. The summed E-state index contributed by atoms with van der Waals surface area (Å²) in [5.41, 5.74) is 6.83. The Kier molecular flexibility index (Phi) is 4.48. The van der Waals surface area contributed by atoms with Gasteiger partial charge in [-0.2, -0.15) is 0 Å². The van der Waals surface area contributed by atoms with Gasteiger partial charge in [-0.3, -0.25) is 4.57 Å². The summed E-state index contributed by atoms with van der Waals surface area (Å²) in [5.74, 6) is 1.74. The quantitative estimate of drug-likeness (QED) is 0.586. The van der Waals surface area contributed by atoms with Crippen molar-refractivity contribution in [2.24, 2.45) is 0 Å². The van der Waals surface area contributed by atoms with Crippen LogP contribution in [0.15, 0.2) is 55.0 Å². The molecule has 1 aliphatic heterocycles. The Bertz CT molecular complexity index is 1160. The highest BCUT2D eigenvalue weighted by atomic mass is 15.2. The van der Waals surface area contributed by atoms with Crippen LogP contribution in [0.1, 0.15) is 11.1 Å². The van der Waals surface area contributed by atoms with Crippen LogP contribution in [0, 0.1) is 13.8 Å². The zero-order chi connectivity index (χ0) is 19.8. The van der Waals surface area contributed by atoms with Gasteiger partial charge in [-0.1, -0.05) is 23.8 Å². The molecule has 1 saturated heterocycles. The SMILES string of the molecule is Cc1ccc(-c2nc3ccc(N4CCNCC4)cc3n2-c2ccncn2)c(C)c1. The van der Waals surface area contributed by atoms with Crippen LogP contribution in [0.2, 0.25) is 0 Å². The second-order valence-electron chi connectivity index (χ2n) is 7.57. The maximum absolute atomic E-state index is 5.01. The fourth-order valence-electron chi connectivity index (χ4n) is 4.08. The van der Waals surface area contributed by atoms with E-state index in [0.29, 0.717) is 0 Å². The molecule has 0 amide bonds. The van der Waals surface area contributed by atoms with Gasteiger partial charge in [0.25, 0.3) is 0 Å². The fourth-order valence-corrected chi connectivity index (χ4v) is 4.08. The molecule has 6 nitrogen and oxygen atoms in total. The van der Waals surface area contributed by atoms with E-state index in [1.807, 2.05) is 6.07 Å². The lowest BCUT2D eigenvalue weighted by Gasteiger charge is -2.29. The minimum absolute atomic E-state index is 0.829. The maximum Gasteiger partial charge on any atom is 0.147 e. The largest absolute Gasteiger partial charge is 0.369 e. The van der Waals surface area contributed by atoms with Crippen LogP contribution < -0.4 is 10.2 Å². The van der Waals surface area contributed by atoms with Crippen molar-refractivity contribution < 1.29 is 0 Å². The van der Waals surface area contributed by atoms with E-state index >= 15 is 0 Å². The predicted molar refractivity (Wildman–Crippen MR) is 117 cm³/mol. The summed E-state index contributed by atoms with van der Waals surface area (Å²) in [6, 6.07) is 15.0. The van der Waals surface area contributed by atoms with Gasteiger partial charge < -0.3 is 10.2 Å². The minimum Gasteiger partial charge on any atom is -0.369 e. The lowest BCUT2D eigenvalue weighted by Crippen LogP contribution is -2.43. The van der Waals surface area contributed by atoms with Gasteiger partial charge >= 0.3 is 0 Å². The molecule has 5 rings (SSSR count). The average molecular weight is 384 g/mol. The molecule has 2 aromatic heterocycles. The zero-order valence-corrected chi connectivity index (χ0v) is 16.8. The number of imidazole rings is 1. The smallest absolute Gasteiger partial charge is 0.147 e. The van der Waals surface area contributed by atoms with Crippen molar-refractivity contribution in [3.05, 3.63) is 66.1 Å². The molecule has 29 heavy (non-hydrogen) atoms. The van der Waals surface area contributed by atoms with Crippen molar-refractivity contribution in [3.63, 3.8) is 0 Å². The predicted octanol–water partition coefficient (Wildman–Crippen LogP) is 3.51. The van der Waals surface area contributed by atoms with Gasteiger partial charge in [0, 0.05) is 43.6 Å². The van der Waals surface area contributed by atoms with Gasteiger partial charge in [-0.15, -0.1) is 0 Å². The molecule has 1 N–H and O–H groups in total. The summed E-state index contributed by atoms with van der Waals surface area (Å²) < 4.78 is 2.15. The molecule has 6 heteroatoms. The Hall–Kier alpha value is -3.25. The third kappa shape index (κ3) is 3.25. The van der Waals surface area contributed by atoms with Crippen LogP contribution in [0.4, 0.5) is 5.69 Å². The van der Waals surface area contributed by atoms with Gasteiger partial charge in [0.15, 0.2) is 0 Å². The molecule has 1 aliphatic rings.